The standard InChI is InChI=1S/C19H18N2O2S/c1-20-16-6-2-3-7-17(16)24-18(20)8-4-5-15-9-12-21(13-10-15)14-11-19(22)23/h2-10,12-13H,11,14H2,1H3/p+1. The van der Waals surface area contributed by atoms with Crippen LogP contribution in [-0.4, -0.2) is 18.1 Å². The van der Waals surface area contributed by atoms with E-state index in [4.69, 9.17) is 5.11 Å². The summed E-state index contributed by atoms with van der Waals surface area (Å²) in [6.07, 6.45) is 10.1. The number of thioether (sulfide) groups is 1. The molecule has 1 N–H and O–H groups in total. The second-order valence-electron chi connectivity index (χ2n) is 5.51. The summed E-state index contributed by atoms with van der Waals surface area (Å²) in [6, 6.07) is 12.3. The molecule has 24 heavy (non-hydrogen) atoms. The van der Waals surface area contributed by atoms with Gasteiger partial charge >= 0.3 is 5.97 Å². The second-order valence-corrected chi connectivity index (χ2v) is 6.57. The normalized spacial score (nSPS) is 15.2. The van der Waals surface area contributed by atoms with E-state index in [1.165, 1.54) is 15.6 Å². The SMILES string of the molecule is CN1C(=CC=Cc2cc[n+](CCC(=O)O)cc2)Sc2ccccc21. The predicted molar refractivity (Wildman–Crippen MR) is 96.7 cm³/mol. The summed E-state index contributed by atoms with van der Waals surface area (Å²) >= 11 is 1.77. The number of carbonyl (C=O) groups is 1. The quantitative estimate of drug-likeness (QED) is 0.846. The zero-order valence-electron chi connectivity index (χ0n) is 13.4. The lowest BCUT2D eigenvalue weighted by Crippen LogP contribution is -2.33. The van der Waals surface area contributed by atoms with Gasteiger partial charge in [0, 0.05) is 24.1 Å². The fourth-order valence-corrected chi connectivity index (χ4v) is 3.52. The molecule has 4 nitrogen and oxygen atoms in total. The van der Waals surface area contributed by atoms with Gasteiger partial charge in [0.2, 0.25) is 0 Å². The number of carboxylic acids is 1. The molecule has 122 valence electrons. The van der Waals surface area contributed by atoms with Crippen molar-refractivity contribution in [1.29, 1.82) is 0 Å². The van der Waals surface area contributed by atoms with E-state index in [1.54, 1.807) is 11.8 Å². The van der Waals surface area contributed by atoms with Crippen molar-refractivity contribution < 1.29 is 14.5 Å². The molecule has 1 aliphatic rings. The minimum Gasteiger partial charge on any atom is -0.481 e. The zero-order chi connectivity index (χ0) is 16.9. The summed E-state index contributed by atoms with van der Waals surface area (Å²) in [5, 5.41) is 9.89. The van der Waals surface area contributed by atoms with Gasteiger partial charge in [-0.3, -0.25) is 4.79 Å². The fourth-order valence-electron chi connectivity index (χ4n) is 2.46. The first-order valence-electron chi connectivity index (χ1n) is 7.73. The predicted octanol–water partition coefficient (Wildman–Crippen LogP) is 3.55. The molecule has 1 aliphatic heterocycles. The number of allylic oxidation sites excluding steroid dienone is 2. The number of para-hydroxylation sites is 1. The van der Waals surface area contributed by atoms with E-state index in [0.717, 1.165) is 5.56 Å². The molecule has 0 fully saturated rings. The molecule has 0 unspecified atom stereocenters. The molecule has 0 atom stereocenters. The van der Waals surface area contributed by atoms with Crippen LogP contribution in [0, 0.1) is 0 Å². The molecule has 0 bridgehead atoms. The molecule has 0 saturated carbocycles. The molecule has 2 aromatic rings. The lowest BCUT2D eigenvalue weighted by atomic mass is 10.2. The molecular formula is C19H19N2O2S+. The molecule has 2 heterocycles. The van der Waals surface area contributed by atoms with E-state index in [0.29, 0.717) is 6.54 Å². The maximum Gasteiger partial charge on any atom is 0.309 e. The van der Waals surface area contributed by atoms with Gasteiger partial charge in [0.15, 0.2) is 18.9 Å². The van der Waals surface area contributed by atoms with Gasteiger partial charge in [-0.1, -0.05) is 36.0 Å². The first kappa shape index (κ1) is 16.3. The summed E-state index contributed by atoms with van der Waals surface area (Å²) in [6.45, 7) is 0.489. The highest BCUT2D eigenvalue weighted by Gasteiger charge is 2.20. The Morgan fingerprint density at radius 2 is 2.00 bits per heavy atom. The number of aliphatic carboxylic acids is 1. The zero-order valence-corrected chi connectivity index (χ0v) is 14.2. The Morgan fingerprint density at radius 1 is 1.25 bits per heavy atom. The molecule has 5 heteroatoms. The Labute approximate surface area is 145 Å². The number of benzene rings is 1. The Morgan fingerprint density at radius 3 is 2.71 bits per heavy atom. The van der Waals surface area contributed by atoms with Crippen LogP contribution in [0.4, 0.5) is 5.69 Å². The van der Waals surface area contributed by atoms with Crippen LogP contribution < -0.4 is 9.47 Å². The average Bonchev–Trinajstić information content (AvgIpc) is 2.91. The number of aryl methyl sites for hydroxylation is 1. The maximum atomic E-state index is 10.6. The minimum atomic E-state index is -0.780. The monoisotopic (exact) mass is 339 g/mol. The highest BCUT2D eigenvalue weighted by Crippen LogP contribution is 2.44. The third-order valence-electron chi connectivity index (χ3n) is 3.80. The summed E-state index contributed by atoms with van der Waals surface area (Å²) in [4.78, 5) is 14.0. The second kappa shape index (κ2) is 7.36. The Bertz CT molecular complexity index is 797. The summed E-state index contributed by atoms with van der Waals surface area (Å²) in [5.41, 5.74) is 2.32. The molecule has 0 radical (unpaired) electrons. The molecular weight excluding hydrogens is 320 g/mol. The number of nitrogens with zero attached hydrogens (tertiary/aromatic N) is 2. The summed E-state index contributed by atoms with van der Waals surface area (Å²) in [5.74, 6) is -0.780. The molecule has 0 aliphatic carbocycles. The number of pyridine rings is 1. The number of fused-ring (bicyclic) bond motifs is 1. The molecule has 1 aromatic carbocycles. The maximum absolute atomic E-state index is 10.6. The number of hydrogen-bond donors (Lipinski definition) is 1. The molecule has 3 rings (SSSR count). The number of anilines is 1. The Hall–Kier alpha value is -2.53. The van der Waals surface area contributed by atoms with Crippen molar-refractivity contribution in [3.8, 4) is 0 Å². The third kappa shape index (κ3) is 3.86. The van der Waals surface area contributed by atoms with Crippen LogP contribution in [0.5, 0.6) is 0 Å². The molecule has 0 amide bonds. The minimum absolute atomic E-state index is 0.135. The first-order valence-corrected chi connectivity index (χ1v) is 8.55. The number of carboxylic acid groups (broad SMARTS) is 1. The van der Waals surface area contributed by atoms with E-state index >= 15 is 0 Å². The van der Waals surface area contributed by atoms with E-state index in [9.17, 15) is 4.79 Å². The fraction of sp³-hybridized carbons (Fsp3) is 0.158. The lowest BCUT2D eigenvalue weighted by Gasteiger charge is -2.12. The van der Waals surface area contributed by atoms with Gasteiger partial charge in [-0.25, -0.2) is 4.57 Å². The average molecular weight is 339 g/mol. The number of hydrogen-bond acceptors (Lipinski definition) is 3. The van der Waals surface area contributed by atoms with Crippen molar-refractivity contribution in [2.75, 3.05) is 11.9 Å². The largest absolute Gasteiger partial charge is 0.481 e. The molecule has 0 saturated heterocycles. The van der Waals surface area contributed by atoms with Crippen molar-refractivity contribution in [3.05, 3.63) is 71.5 Å². The smallest absolute Gasteiger partial charge is 0.309 e. The van der Waals surface area contributed by atoms with Crippen LogP contribution in [0.15, 0.2) is 70.9 Å². The van der Waals surface area contributed by atoms with Crippen molar-refractivity contribution in [1.82, 2.24) is 0 Å². The molecule has 1 aromatic heterocycles. The first-order chi connectivity index (χ1) is 11.6. The van der Waals surface area contributed by atoms with Gasteiger partial charge in [0.05, 0.1) is 10.7 Å². The Balaban J connectivity index is 1.63. The van der Waals surface area contributed by atoms with Gasteiger partial charge < -0.3 is 10.0 Å². The third-order valence-corrected chi connectivity index (χ3v) is 4.98. The van der Waals surface area contributed by atoms with Crippen molar-refractivity contribution in [2.45, 2.75) is 17.9 Å². The van der Waals surface area contributed by atoms with Crippen LogP contribution in [0.2, 0.25) is 0 Å². The highest BCUT2D eigenvalue weighted by atomic mass is 32.2. The van der Waals surface area contributed by atoms with Gasteiger partial charge in [-0.15, -0.1) is 0 Å². The van der Waals surface area contributed by atoms with Crippen LogP contribution in [0.3, 0.4) is 0 Å². The number of aromatic nitrogens is 1. The van der Waals surface area contributed by atoms with Crippen molar-refractivity contribution >= 4 is 29.5 Å². The van der Waals surface area contributed by atoms with Gasteiger partial charge in [0.1, 0.15) is 6.42 Å². The van der Waals surface area contributed by atoms with Crippen LogP contribution in [0.25, 0.3) is 6.08 Å². The molecule has 0 spiro atoms. The van der Waals surface area contributed by atoms with Crippen LogP contribution in [0.1, 0.15) is 12.0 Å². The van der Waals surface area contributed by atoms with E-state index < -0.39 is 5.97 Å². The lowest BCUT2D eigenvalue weighted by molar-refractivity contribution is -0.696. The van der Waals surface area contributed by atoms with Gasteiger partial charge in [0.25, 0.3) is 0 Å². The Kier molecular flexibility index (Phi) is 5.01. The van der Waals surface area contributed by atoms with Crippen molar-refractivity contribution in [3.63, 3.8) is 0 Å². The summed E-state index contributed by atoms with van der Waals surface area (Å²) in [7, 11) is 2.08. The topological polar surface area (TPSA) is 44.4 Å². The van der Waals surface area contributed by atoms with Gasteiger partial charge in [-0.2, -0.15) is 0 Å². The van der Waals surface area contributed by atoms with E-state index in [1.807, 2.05) is 41.2 Å². The van der Waals surface area contributed by atoms with E-state index in [2.05, 4.69) is 42.3 Å². The van der Waals surface area contributed by atoms with Crippen molar-refractivity contribution in [2.24, 2.45) is 0 Å². The van der Waals surface area contributed by atoms with Gasteiger partial charge in [-0.05, 0) is 23.8 Å². The number of rotatable bonds is 5. The van der Waals surface area contributed by atoms with Crippen LogP contribution >= 0.6 is 11.8 Å². The van der Waals surface area contributed by atoms with Crippen LogP contribution in [-0.2, 0) is 11.3 Å². The summed E-state index contributed by atoms with van der Waals surface area (Å²) < 4.78 is 1.88. The highest BCUT2D eigenvalue weighted by molar-refractivity contribution is 8.03. The van der Waals surface area contributed by atoms with E-state index in [-0.39, 0.29) is 6.42 Å².